The minimum absolute atomic E-state index is 0.146. The molecule has 0 aromatic heterocycles. The highest BCUT2D eigenvalue weighted by Crippen LogP contribution is 2.19. The zero-order chi connectivity index (χ0) is 14.5. The molecular weight excluding hydrogens is 255 g/mol. The van der Waals surface area contributed by atoms with E-state index in [1.807, 2.05) is 13.0 Å². The van der Waals surface area contributed by atoms with Gasteiger partial charge in [-0.25, -0.2) is 4.39 Å². The Bertz CT molecular complexity index is 660. The second kappa shape index (κ2) is 6.15. The molecule has 0 aliphatic carbocycles. The summed E-state index contributed by atoms with van der Waals surface area (Å²) in [6.07, 6.45) is 3.02. The summed E-state index contributed by atoms with van der Waals surface area (Å²) in [5, 5.41) is 0. The molecule has 0 aliphatic rings. The maximum Gasteiger partial charge on any atom is 0.185 e. The minimum atomic E-state index is -0.323. The van der Waals surface area contributed by atoms with Crippen molar-refractivity contribution in [3.63, 3.8) is 0 Å². The third kappa shape index (κ3) is 3.32. The SMILES string of the molecule is COc1cc(C(=O)C=Cc2cccc(F)c2)ccc1C. The number of allylic oxidation sites excluding steroid dienone is 1. The van der Waals surface area contributed by atoms with E-state index >= 15 is 0 Å². The smallest absolute Gasteiger partial charge is 0.185 e. The topological polar surface area (TPSA) is 26.3 Å². The van der Waals surface area contributed by atoms with Gasteiger partial charge in [0.15, 0.2) is 5.78 Å². The summed E-state index contributed by atoms with van der Waals surface area (Å²) in [5.41, 5.74) is 2.16. The summed E-state index contributed by atoms with van der Waals surface area (Å²) >= 11 is 0. The van der Waals surface area contributed by atoms with E-state index < -0.39 is 0 Å². The zero-order valence-electron chi connectivity index (χ0n) is 11.4. The van der Waals surface area contributed by atoms with Crippen molar-refractivity contribution >= 4 is 11.9 Å². The van der Waals surface area contributed by atoms with Gasteiger partial charge in [0.25, 0.3) is 0 Å². The number of ketones is 1. The van der Waals surface area contributed by atoms with Crippen LogP contribution in [0.1, 0.15) is 21.5 Å². The number of methoxy groups -OCH3 is 1. The first kappa shape index (κ1) is 14.0. The first-order valence-corrected chi connectivity index (χ1v) is 6.23. The van der Waals surface area contributed by atoms with Crippen LogP contribution in [0.15, 0.2) is 48.5 Å². The van der Waals surface area contributed by atoms with E-state index in [9.17, 15) is 9.18 Å². The zero-order valence-corrected chi connectivity index (χ0v) is 11.4. The number of carbonyl (C=O) groups excluding carboxylic acids is 1. The van der Waals surface area contributed by atoms with Crippen LogP contribution in [0.2, 0.25) is 0 Å². The highest BCUT2D eigenvalue weighted by Gasteiger charge is 2.05. The number of benzene rings is 2. The lowest BCUT2D eigenvalue weighted by molar-refractivity contribution is 0.104. The molecule has 0 radical (unpaired) electrons. The monoisotopic (exact) mass is 270 g/mol. The average Bonchev–Trinajstić information content (AvgIpc) is 2.45. The average molecular weight is 270 g/mol. The van der Waals surface area contributed by atoms with Crippen LogP contribution in [0, 0.1) is 12.7 Å². The second-order valence-corrected chi connectivity index (χ2v) is 4.44. The second-order valence-electron chi connectivity index (χ2n) is 4.44. The molecule has 0 N–H and O–H groups in total. The number of hydrogen-bond donors (Lipinski definition) is 0. The molecule has 102 valence electrons. The van der Waals surface area contributed by atoms with Crippen molar-refractivity contribution in [3.05, 3.63) is 71.0 Å². The van der Waals surface area contributed by atoms with E-state index in [1.54, 1.807) is 37.5 Å². The van der Waals surface area contributed by atoms with Crippen molar-refractivity contribution in [2.75, 3.05) is 7.11 Å². The van der Waals surface area contributed by atoms with Gasteiger partial charge in [0, 0.05) is 5.56 Å². The van der Waals surface area contributed by atoms with E-state index in [4.69, 9.17) is 4.74 Å². The Kier molecular flexibility index (Phi) is 4.31. The van der Waals surface area contributed by atoms with Crippen LogP contribution < -0.4 is 4.74 Å². The molecule has 0 saturated heterocycles. The lowest BCUT2D eigenvalue weighted by atomic mass is 10.1. The summed E-state index contributed by atoms with van der Waals surface area (Å²) in [5.74, 6) is 0.208. The van der Waals surface area contributed by atoms with Crippen LogP contribution in [0.5, 0.6) is 5.75 Å². The van der Waals surface area contributed by atoms with Crippen molar-refractivity contribution in [1.29, 1.82) is 0 Å². The highest BCUT2D eigenvalue weighted by molar-refractivity contribution is 6.07. The fraction of sp³-hybridized carbons (Fsp3) is 0.118. The van der Waals surface area contributed by atoms with Gasteiger partial charge < -0.3 is 4.74 Å². The van der Waals surface area contributed by atoms with Gasteiger partial charge in [-0.1, -0.05) is 30.3 Å². The van der Waals surface area contributed by atoms with Crippen molar-refractivity contribution < 1.29 is 13.9 Å². The van der Waals surface area contributed by atoms with Crippen LogP contribution in [0.4, 0.5) is 4.39 Å². The number of ether oxygens (including phenoxy) is 1. The van der Waals surface area contributed by atoms with Gasteiger partial charge in [0.05, 0.1) is 7.11 Å². The molecule has 0 heterocycles. The van der Waals surface area contributed by atoms with E-state index in [1.165, 1.54) is 18.2 Å². The standard InChI is InChI=1S/C17H15FO2/c1-12-6-8-14(11-17(12)20-2)16(19)9-7-13-4-3-5-15(18)10-13/h3-11H,1-2H3. The number of halogens is 1. The minimum Gasteiger partial charge on any atom is -0.496 e. The maximum absolute atomic E-state index is 13.0. The van der Waals surface area contributed by atoms with E-state index in [2.05, 4.69) is 0 Å². The normalized spacial score (nSPS) is 10.8. The summed E-state index contributed by atoms with van der Waals surface area (Å²) in [4.78, 5) is 12.0. The van der Waals surface area contributed by atoms with Crippen LogP contribution in [0.25, 0.3) is 6.08 Å². The fourth-order valence-corrected chi connectivity index (χ4v) is 1.85. The summed E-state index contributed by atoms with van der Waals surface area (Å²) in [6.45, 7) is 1.91. The third-order valence-corrected chi connectivity index (χ3v) is 2.97. The summed E-state index contributed by atoms with van der Waals surface area (Å²) in [7, 11) is 1.57. The van der Waals surface area contributed by atoms with Gasteiger partial charge in [0.1, 0.15) is 11.6 Å². The molecular formula is C17H15FO2. The molecule has 0 amide bonds. The quantitative estimate of drug-likeness (QED) is 0.619. The molecule has 2 nitrogen and oxygen atoms in total. The van der Waals surface area contributed by atoms with Gasteiger partial charge in [0.2, 0.25) is 0 Å². The van der Waals surface area contributed by atoms with Gasteiger partial charge in [-0.05, 0) is 42.3 Å². The Labute approximate surface area is 117 Å². The molecule has 0 bridgehead atoms. The predicted octanol–water partition coefficient (Wildman–Crippen LogP) is 4.04. The molecule has 2 aromatic carbocycles. The number of rotatable bonds is 4. The molecule has 0 aliphatic heterocycles. The van der Waals surface area contributed by atoms with E-state index in [0.717, 1.165) is 5.56 Å². The van der Waals surface area contributed by atoms with Crippen LogP contribution in [0.3, 0.4) is 0 Å². The third-order valence-electron chi connectivity index (χ3n) is 2.97. The Morgan fingerprint density at radius 3 is 2.70 bits per heavy atom. The Hall–Kier alpha value is -2.42. The lowest BCUT2D eigenvalue weighted by Gasteiger charge is -2.05. The predicted molar refractivity (Wildman–Crippen MR) is 77.5 cm³/mol. The lowest BCUT2D eigenvalue weighted by Crippen LogP contribution is -1.96. The van der Waals surface area contributed by atoms with Gasteiger partial charge >= 0.3 is 0 Å². The number of carbonyl (C=O) groups is 1. The van der Waals surface area contributed by atoms with Crippen molar-refractivity contribution in [2.24, 2.45) is 0 Å². The number of hydrogen-bond acceptors (Lipinski definition) is 2. The van der Waals surface area contributed by atoms with Crippen molar-refractivity contribution in [2.45, 2.75) is 6.92 Å². The molecule has 0 atom stereocenters. The van der Waals surface area contributed by atoms with Crippen molar-refractivity contribution in [3.8, 4) is 5.75 Å². The summed E-state index contributed by atoms with van der Waals surface area (Å²) in [6, 6.07) is 11.4. The molecule has 0 spiro atoms. The summed E-state index contributed by atoms with van der Waals surface area (Å²) < 4.78 is 18.2. The molecule has 2 rings (SSSR count). The molecule has 0 fully saturated rings. The van der Waals surface area contributed by atoms with Crippen LogP contribution in [-0.4, -0.2) is 12.9 Å². The first-order valence-electron chi connectivity index (χ1n) is 6.23. The van der Waals surface area contributed by atoms with E-state index in [0.29, 0.717) is 16.9 Å². The van der Waals surface area contributed by atoms with Crippen LogP contribution >= 0.6 is 0 Å². The molecule has 20 heavy (non-hydrogen) atoms. The van der Waals surface area contributed by atoms with Gasteiger partial charge in [-0.15, -0.1) is 0 Å². The van der Waals surface area contributed by atoms with Crippen LogP contribution in [-0.2, 0) is 0 Å². The molecule has 0 saturated carbocycles. The van der Waals surface area contributed by atoms with Gasteiger partial charge in [-0.2, -0.15) is 0 Å². The Balaban J connectivity index is 2.20. The largest absolute Gasteiger partial charge is 0.496 e. The molecule has 3 heteroatoms. The highest BCUT2D eigenvalue weighted by atomic mass is 19.1. The Morgan fingerprint density at radius 1 is 1.20 bits per heavy atom. The Morgan fingerprint density at radius 2 is 2.00 bits per heavy atom. The fourth-order valence-electron chi connectivity index (χ4n) is 1.85. The van der Waals surface area contributed by atoms with E-state index in [-0.39, 0.29) is 11.6 Å². The molecule has 2 aromatic rings. The first-order chi connectivity index (χ1) is 9.60. The van der Waals surface area contributed by atoms with Crippen molar-refractivity contribution in [1.82, 2.24) is 0 Å². The van der Waals surface area contributed by atoms with Gasteiger partial charge in [-0.3, -0.25) is 4.79 Å². The maximum atomic E-state index is 13.0. The molecule has 0 unspecified atom stereocenters. The number of aryl methyl sites for hydroxylation is 1.